The fourth-order valence-corrected chi connectivity index (χ4v) is 2.42. The zero-order chi connectivity index (χ0) is 16.2. The van der Waals surface area contributed by atoms with Crippen LogP contribution in [0, 0.1) is 0 Å². The first kappa shape index (κ1) is 18.2. The first-order chi connectivity index (χ1) is 9.60. The lowest BCUT2D eigenvalue weighted by molar-refractivity contribution is -0.153. The van der Waals surface area contributed by atoms with Gasteiger partial charge in [-0.2, -0.15) is 13.2 Å². The average Bonchev–Trinajstić information content (AvgIpc) is 2.36. The van der Waals surface area contributed by atoms with Gasteiger partial charge in [0.05, 0.1) is 6.54 Å². The zero-order valence-electron chi connectivity index (χ0n) is 12.4. The van der Waals surface area contributed by atoms with Crippen molar-refractivity contribution in [2.24, 2.45) is 0 Å². The molecule has 0 radical (unpaired) electrons. The molecule has 1 heterocycles. The number of amides is 2. The maximum atomic E-state index is 12.4. The maximum absolute atomic E-state index is 12.4. The van der Waals surface area contributed by atoms with Crippen molar-refractivity contribution in [2.75, 3.05) is 39.0 Å². The Morgan fingerprint density at radius 3 is 2.52 bits per heavy atom. The quantitative estimate of drug-likeness (QED) is 0.838. The Labute approximate surface area is 125 Å². The fourth-order valence-electron chi connectivity index (χ4n) is 2.11. The third-order valence-electron chi connectivity index (χ3n) is 3.54. The number of urea groups is 1. The summed E-state index contributed by atoms with van der Waals surface area (Å²) in [6, 6.07) is -0.658. The first-order valence-electron chi connectivity index (χ1n) is 6.76. The highest BCUT2D eigenvalue weighted by molar-refractivity contribution is 7.84. The van der Waals surface area contributed by atoms with Crippen LogP contribution in [0.3, 0.4) is 0 Å². The molecule has 0 saturated carbocycles. The molecule has 0 aromatic rings. The van der Waals surface area contributed by atoms with Gasteiger partial charge in [-0.3, -0.25) is 9.11 Å². The molecule has 9 heteroatoms. The summed E-state index contributed by atoms with van der Waals surface area (Å²) >= 11 is 0. The van der Waals surface area contributed by atoms with E-state index in [0.29, 0.717) is 6.54 Å². The second kappa shape index (κ2) is 7.44. The van der Waals surface area contributed by atoms with Crippen LogP contribution in [-0.4, -0.2) is 76.5 Å². The summed E-state index contributed by atoms with van der Waals surface area (Å²) in [5.41, 5.74) is 0. The van der Waals surface area contributed by atoms with Crippen LogP contribution in [0.15, 0.2) is 0 Å². The molecule has 1 saturated heterocycles. The van der Waals surface area contributed by atoms with Gasteiger partial charge >= 0.3 is 12.2 Å². The van der Waals surface area contributed by atoms with E-state index in [1.807, 2.05) is 0 Å². The number of carbonyl (C=O) groups is 1. The number of halogens is 3. The average molecular weight is 329 g/mol. The molecule has 1 rings (SSSR count). The van der Waals surface area contributed by atoms with Gasteiger partial charge in [0, 0.05) is 54.5 Å². The number of nitrogens with one attached hydrogen (secondary N) is 1. The largest absolute Gasteiger partial charge is 0.401 e. The van der Waals surface area contributed by atoms with Gasteiger partial charge in [-0.25, -0.2) is 4.79 Å². The molecule has 1 fully saturated rings. The van der Waals surface area contributed by atoms with Gasteiger partial charge in [0.15, 0.2) is 0 Å². The summed E-state index contributed by atoms with van der Waals surface area (Å²) < 4.78 is 48.4. The summed E-state index contributed by atoms with van der Waals surface area (Å²) in [4.78, 5) is 14.8. The summed E-state index contributed by atoms with van der Waals surface area (Å²) in [5.74, 6) is 0. The number of piperazine rings is 1. The van der Waals surface area contributed by atoms with Crippen LogP contribution in [-0.2, 0) is 10.8 Å². The molecule has 0 unspecified atom stereocenters. The van der Waals surface area contributed by atoms with Crippen LogP contribution in [0.25, 0.3) is 0 Å². The number of hydrogen-bond donors (Lipinski definition) is 1. The van der Waals surface area contributed by atoms with E-state index in [9.17, 15) is 22.2 Å². The second-order valence-corrected chi connectivity index (χ2v) is 7.18. The smallest absolute Gasteiger partial charge is 0.337 e. The Morgan fingerprint density at radius 1 is 1.43 bits per heavy atom. The predicted octanol–water partition coefficient (Wildman–Crippen LogP) is 1.03. The van der Waals surface area contributed by atoms with Gasteiger partial charge in [0.25, 0.3) is 0 Å². The molecule has 1 aliphatic rings. The minimum absolute atomic E-state index is 0.155. The Kier molecular flexibility index (Phi) is 6.45. The van der Waals surface area contributed by atoms with Crippen molar-refractivity contribution in [3.8, 4) is 0 Å². The number of nitrogens with zero attached hydrogens (tertiary/aromatic N) is 2. The van der Waals surface area contributed by atoms with Crippen molar-refractivity contribution in [3.05, 3.63) is 0 Å². The highest BCUT2D eigenvalue weighted by atomic mass is 32.2. The van der Waals surface area contributed by atoms with E-state index in [2.05, 4.69) is 5.32 Å². The van der Waals surface area contributed by atoms with Gasteiger partial charge in [-0.05, 0) is 13.8 Å². The van der Waals surface area contributed by atoms with Gasteiger partial charge < -0.3 is 10.2 Å². The van der Waals surface area contributed by atoms with Gasteiger partial charge in [-0.15, -0.1) is 0 Å². The molecule has 124 valence electrons. The molecule has 5 nitrogen and oxygen atoms in total. The Morgan fingerprint density at radius 2 is 2.05 bits per heavy atom. The highest BCUT2D eigenvalue weighted by Crippen LogP contribution is 2.20. The number of alkyl halides is 3. The molecule has 1 aliphatic heterocycles. The number of rotatable bonds is 4. The van der Waals surface area contributed by atoms with E-state index in [1.165, 1.54) is 9.80 Å². The summed E-state index contributed by atoms with van der Waals surface area (Å²) in [6.07, 6.45) is -2.66. The normalized spacial score (nSPS) is 23.7. The van der Waals surface area contributed by atoms with E-state index in [0.717, 1.165) is 0 Å². The Hall–Kier alpha value is -0.830. The van der Waals surface area contributed by atoms with Crippen LogP contribution < -0.4 is 5.32 Å². The number of carbonyl (C=O) groups excluding carboxylic acids is 1. The molecular formula is C12H22F3N3O2S. The summed E-state index contributed by atoms with van der Waals surface area (Å²) in [7, 11) is -1.02. The van der Waals surface area contributed by atoms with Crippen molar-refractivity contribution in [2.45, 2.75) is 31.3 Å². The van der Waals surface area contributed by atoms with E-state index in [1.54, 1.807) is 20.1 Å². The van der Waals surface area contributed by atoms with E-state index >= 15 is 0 Å². The van der Waals surface area contributed by atoms with Crippen LogP contribution in [0.2, 0.25) is 0 Å². The van der Waals surface area contributed by atoms with Crippen molar-refractivity contribution < 1.29 is 22.2 Å². The van der Waals surface area contributed by atoms with Crippen molar-refractivity contribution >= 4 is 16.8 Å². The second-order valence-electron chi connectivity index (χ2n) is 5.38. The van der Waals surface area contributed by atoms with E-state index < -0.39 is 23.5 Å². The fraction of sp³-hybridized carbons (Fsp3) is 0.917. The van der Waals surface area contributed by atoms with Crippen molar-refractivity contribution in [3.63, 3.8) is 0 Å². The van der Waals surface area contributed by atoms with Crippen LogP contribution in [0.1, 0.15) is 13.8 Å². The molecule has 0 aliphatic carbocycles. The van der Waals surface area contributed by atoms with Crippen LogP contribution in [0.5, 0.6) is 0 Å². The van der Waals surface area contributed by atoms with E-state index in [4.69, 9.17) is 0 Å². The molecule has 0 bridgehead atoms. The Balaban J connectivity index is 2.43. The molecule has 0 aromatic carbocycles. The predicted molar refractivity (Wildman–Crippen MR) is 75.6 cm³/mol. The van der Waals surface area contributed by atoms with Crippen LogP contribution in [0.4, 0.5) is 18.0 Å². The molecular weight excluding hydrogens is 307 g/mol. The maximum Gasteiger partial charge on any atom is 0.401 e. The summed E-state index contributed by atoms with van der Waals surface area (Å²) in [6.45, 7) is 3.49. The molecule has 2 amide bonds. The standard InChI is InChI=1S/C12H22F3N3O2S/c1-9-7-17(4-5-18(9)8-12(13,14)15)11(19)16-6-10(2)21(3)20/h9-10H,4-8H2,1-3H3,(H,16,19)/t9-,10-,21+/m1/s1. The SMILES string of the molecule is C[C@@H]1CN(C(=O)NC[C@@H](C)[S@](C)=O)CCN1CC(F)(F)F. The van der Waals surface area contributed by atoms with Gasteiger partial charge in [-0.1, -0.05) is 0 Å². The minimum atomic E-state index is -4.22. The lowest BCUT2D eigenvalue weighted by Gasteiger charge is -2.40. The molecule has 0 spiro atoms. The third-order valence-corrected chi connectivity index (χ3v) is 4.84. The topological polar surface area (TPSA) is 52.7 Å². The molecule has 21 heavy (non-hydrogen) atoms. The molecule has 0 aromatic heterocycles. The molecule has 3 atom stereocenters. The van der Waals surface area contributed by atoms with E-state index in [-0.39, 0.29) is 37.0 Å². The lowest BCUT2D eigenvalue weighted by atomic mass is 10.2. The first-order valence-corrected chi connectivity index (χ1v) is 8.38. The van der Waals surface area contributed by atoms with Crippen molar-refractivity contribution in [1.29, 1.82) is 0 Å². The van der Waals surface area contributed by atoms with Crippen LogP contribution >= 0.6 is 0 Å². The monoisotopic (exact) mass is 329 g/mol. The third kappa shape index (κ3) is 6.21. The van der Waals surface area contributed by atoms with Crippen molar-refractivity contribution in [1.82, 2.24) is 15.1 Å². The van der Waals surface area contributed by atoms with Gasteiger partial charge in [0.1, 0.15) is 0 Å². The zero-order valence-corrected chi connectivity index (χ0v) is 13.3. The minimum Gasteiger partial charge on any atom is -0.337 e. The highest BCUT2D eigenvalue weighted by Gasteiger charge is 2.35. The molecule has 1 N–H and O–H groups in total. The summed E-state index contributed by atoms with van der Waals surface area (Å²) in [5, 5.41) is 2.52. The number of hydrogen-bond acceptors (Lipinski definition) is 3. The Bertz CT molecular complexity index is 392. The lowest BCUT2D eigenvalue weighted by Crippen LogP contribution is -2.57. The van der Waals surface area contributed by atoms with Gasteiger partial charge in [0.2, 0.25) is 0 Å².